The lowest BCUT2D eigenvalue weighted by molar-refractivity contribution is 0.0996. The first kappa shape index (κ1) is 26.2. The van der Waals surface area contributed by atoms with Crippen LogP contribution in [-0.2, 0) is 22.3 Å². The molecule has 0 bridgehead atoms. The standard InChI is InChI=1S/C24H30N8O4S/c1-7-31-12-11-17(29-31)23-27-28-24(32(23)21-19(34-4)9-8-10-20(21)35-5)30-37(33)16(3)22(36-6)18-14-25-15(2)13-26-18/h8-14,16,22H,7H2,1-6H3,(H,28,30). The number of rotatable bonds is 11. The first-order valence-electron chi connectivity index (χ1n) is 11.6. The molecule has 3 heterocycles. The molecule has 0 saturated carbocycles. The smallest absolute Gasteiger partial charge is 0.241 e. The molecule has 0 spiro atoms. The van der Waals surface area contributed by atoms with Crippen LogP contribution in [0.5, 0.6) is 11.5 Å². The predicted molar refractivity (Wildman–Crippen MR) is 139 cm³/mol. The Hall–Kier alpha value is -3.84. The van der Waals surface area contributed by atoms with Crippen molar-refractivity contribution in [1.29, 1.82) is 0 Å². The summed E-state index contributed by atoms with van der Waals surface area (Å²) in [5, 5.41) is 12.8. The Kier molecular flexibility index (Phi) is 8.14. The fourth-order valence-electron chi connectivity index (χ4n) is 3.83. The van der Waals surface area contributed by atoms with E-state index < -0.39 is 22.3 Å². The quantitative estimate of drug-likeness (QED) is 0.313. The molecule has 0 aliphatic heterocycles. The lowest BCUT2D eigenvalue weighted by atomic mass is 10.2. The number of aromatic nitrogens is 7. The van der Waals surface area contributed by atoms with Gasteiger partial charge in [0, 0.05) is 26.0 Å². The van der Waals surface area contributed by atoms with Crippen molar-refractivity contribution in [1.82, 2.24) is 34.5 Å². The number of methoxy groups -OCH3 is 3. The largest absolute Gasteiger partial charge is 0.494 e. The van der Waals surface area contributed by atoms with Gasteiger partial charge < -0.3 is 14.2 Å². The Bertz CT molecular complexity index is 1350. The molecule has 37 heavy (non-hydrogen) atoms. The van der Waals surface area contributed by atoms with Gasteiger partial charge in [-0.25, -0.2) is 4.21 Å². The summed E-state index contributed by atoms with van der Waals surface area (Å²) >= 11 is 0. The first-order valence-corrected chi connectivity index (χ1v) is 12.8. The monoisotopic (exact) mass is 526 g/mol. The zero-order chi connectivity index (χ0) is 26.5. The van der Waals surface area contributed by atoms with E-state index in [-0.39, 0.29) is 5.95 Å². The van der Waals surface area contributed by atoms with Gasteiger partial charge >= 0.3 is 0 Å². The minimum atomic E-state index is -1.67. The minimum absolute atomic E-state index is 0.221. The summed E-state index contributed by atoms with van der Waals surface area (Å²) in [6, 6.07) is 7.25. The average molecular weight is 527 g/mol. The number of benzene rings is 1. The third kappa shape index (κ3) is 5.32. The maximum atomic E-state index is 13.6. The second-order valence-electron chi connectivity index (χ2n) is 8.09. The topological polar surface area (TPSA) is 131 Å². The van der Waals surface area contributed by atoms with Gasteiger partial charge in [0.25, 0.3) is 0 Å². The Morgan fingerprint density at radius 2 is 1.78 bits per heavy atom. The Morgan fingerprint density at radius 3 is 2.35 bits per heavy atom. The van der Waals surface area contributed by atoms with E-state index in [2.05, 4.69) is 30.0 Å². The molecule has 4 rings (SSSR count). The number of hydrogen-bond donors (Lipinski definition) is 1. The van der Waals surface area contributed by atoms with Crippen LogP contribution in [-0.4, -0.2) is 65.3 Å². The van der Waals surface area contributed by atoms with Crippen molar-refractivity contribution in [2.24, 2.45) is 0 Å². The summed E-state index contributed by atoms with van der Waals surface area (Å²) in [6.45, 7) is 6.33. The van der Waals surface area contributed by atoms with Crippen LogP contribution in [0.15, 0.2) is 42.9 Å². The molecular formula is C24H30N8O4S. The van der Waals surface area contributed by atoms with Crippen molar-refractivity contribution in [2.75, 3.05) is 26.1 Å². The summed E-state index contributed by atoms with van der Waals surface area (Å²) < 4.78 is 37.0. The SMILES string of the molecule is CCn1ccc(-c2nnc(NS(=O)C(C)C(OC)c3cnc(C)cn3)n2-c2c(OC)cccc2OC)n1. The number of para-hydroxylation sites is 1. The molecule has 3 aromatic heterocycles. The fraction of sp³-hybridized carbons (Fsp3) is 0.375. The molecule has 0 radical (unpaired) electrons. The molecule has 0 fully saturated rings. The van der Waals surface area contributed by atoms with Gasteiger partial charge in [0.15, 0.2) is 5.82 Å². The fourth-order valence-corrected chi connectivity index (χ4v) is 4.81. The van der Waals surface area contributed by atoms with Crippen molar-refractivity contribution < 1.29 is 18.4 Å². The molecule has 0 saturated heterocycles. The maximum absolute atomic E-state index is 13.6. The minimum Gasteiger partial charge on any atom is -0.494 e. The van der Waals surface area contributed by atoms with E-state index >= 15 is 0 Å². The van der Waals surface area contributed by atoms with E-state index in [1.54, 1.807) is 62.0 Å². The lowest BCUT2D eigenvalue weighted by Crippen LogP contribution is -2.28. The second kappa shape index (κ2) is 11.5. The van der Waals surface area contributed by atoms with Gasteiger partial charge in [-0.05, 0) is 39.0 Å². The number of nitrogens with one attached hydrogen (secondary N) is 1. The highest BCUT2D eigenvalue weighted by Crippen LogP contribution is 2.37. The zero-order valence-electron chi connectivity index (χ0n) is 21.6. The molecule has 0 amide bonds. The van der Waals surface area contributed by atoms with Gasteiger partial charge in [-0.1, -0.05) is 6.07 Å². The van der Waals surface area contributed by atoms with Crippen molar-refractivity contribution in [3.8, 4) is 28.7 Å². The van der Waals surface area contributed by atoms with Crippen molar-refractivity contribution in [2.45, 2.75) is 38.7 Å². The molecule has 0 aliphatic rings. The van der Waals surface area contributed by atoms with Crippen LogP contribution in [0, 0.1) is 6.92 Å². The van der Waals surface area contributed by atoms with Gasteiger partial charge in [0.05, 0.1) is 37.1 Å². The number of anilines is 1. The van der Waals surface area contributed by atoms with Crippen LogP contribution in [0.3, 0.4) is 0 Å². The van der Waals surface area contributed by atoms with E-state index in [0.717, 1.165) is 5.69 Å². The molecule has 13 heteroatoms. The Morgan fingerprint density at radius 1 is 1.05 bits per heavy atom. The average Bonchev–Trinajstić information content (AvgIpc) is 3.56. The van der Waals surface area contributed by atoms with Gasteiger partial charge in [0.1, 0.15) is 40.0 Å². The summed E-state index contributed by atoms with van der Waals surface area (Å²) in [5.41, 5.74) is 2.48. The Labute approximate surface area is 217 Å². The van der Waals surface area contributed by atoms with Gasteiger partial charge in [-0.3, -0.25) is 23.9 Å². The van der Waals surface area contributed by atoms with Crippen LogP contribution >= 0.6 is 0 Å². The van der Waals surface area contributed by atoms with Crippen LogP contribution < -0.4 is 14.2 Å². The van der Waals surface area contributed by atoms with E-state index in [0.29, 0.717) is 40.9 Å². The van der Waals surface area contributed by atoms with Crippen molar-refractivity contribution in [3.63, 3.8) is 0 Å². The number of nitrogens with zero attached hydrogens (tertiary/aromatic N) is 7. The normalized spacial score (nSPS) is 13.7. The number of ether oxygens (including phenoxy) is 3. The molecule has 1 aromatic carbocycles. The lowest BCUT2D eigenvalue weighted by Gasteiger charge is -2.22. The van der Waals surface area contributed by atoms with Gasteiger partial charge in [-0.15, -0.1) is 10.2 Å². The third-order valence-corrected chi connectivity index (χ3v) is 7.09. The maximum Gasteiger partial charge on any atom is 0.241 e. The van der Waals surface area contributed by atoms with Crippen LogP contribution in [0.25, 0.3) is 17.2 Å². The predicted octanol–water partition coefficient (Wildman–Crippen LogP) is 3.12. The van der Waals surface area contributed by atoms with Crippen molar-refractivity contribution in [3.05, 3.63) is 54.2 Å². The van der Waals surface area contributed by atoms with Crippen molar-refractivity contribution >= 4 is 16.9 Å². The third-order valence-electron chi connectivity index (χ3n) is 5.78. The first-order chi connectivity index (χ1) is 17.9. The second-order valence-corrected chi connectivity index (χ2v) is 9.64. The molecule has 3 atom stereocenters. The van der Waals surface area contributed by atoms with Crippen LogP contribution in [0.4, 0.5) is 5.95 Å². The molecule has 0 aliphatic carbocycles. The highest BCUT2D eigenvalue weighted by Gasteiger charge is 2.29. The molecule has 196 valence electrons. The van der Waals surface area contributed by atoms with Crippen LogP contribution in [0.1, 0.15) is 31.3 Å². The molecular weight excluding hydrogens is 496 g/mol. The number of aryl methyl sites for hydroxylation is 2. The zero-order valence-corrected chi connectivity index (χ0v) is 22.4. The van der Waals surface area contributed by atoms with E-state index in [4.69, 9.17) is 14.2 Å². The van der Waals surface area contributed by atoms with Crippen LogP contribution in [0.2, 0.25) is 0 Å². The molecule has 3 unspecified atom stereocenters. The molecule has 12 nitrogen and oxygen atoms in total. The Balaban J connectivity index is 1.77. The summed E-state index contributed by atoms with van der Waals surface area (Å²) in [5.74, 6) is 1.68. The van der Waals surface area contributed by atoms with Gasteiger partial charge in [0.2, 0.25) is 5.95 Å². The highest BCUT2D eigenvalue weighted by molar-refractivity contribution is 7.87. The van der Waals surface area contributed by atoms with E-state index in [9.17, 15) is 4.21 Å². The van der Waals surface area contributed by atoms with E-state index in [1.807, 2.05) is 32.2 Å². The summed E-state index contributed by atoms with van der Waals surface area (Å²) in [7, 11) is 3.01. The molecule has 1 N–H and O–H groups in total. The molecule has 4 aromatic rings. The number of hydrogen-bond acceptors (Lipinski definition) is 9. The van der Waals surface area contributed by atoms with Gasteiger partial charge in [-0.2, -0.15) is 5.10 Å². The summed E-state index contributed by atoms with van der Waals surface area (Å²) in [4.78, 5) is 8.68. The highest BCUT2D eigenvalue weighted by atomic mass is 32.2. The van der Waals surface area contributed by atoms with E-state index in [1.165, 1.54) is 0 Å². The summed E-state index contributed by atoms with van der Waals surface area (Å²) in [6.07, 6.45) is 4.56.